The van der Waals surface area contributed by atoms with Crippen molar-refractivity contribution in [1.29, 1.82) is 0 Å². The van der Waals surface area contributed by atoms with E-state index in [1.165, 1.54) is 14.0 Å². The van der Waals surface area contributed by atoms with E-state index in [0.717, 1.165) is 5.01 Å². The van der Waals surface area contributed by atoms with Gasteiger partial charge in [-0.2, -0.15) is 0 Å². The molecule has 1 aromatic rings. The number of carbonyl (C=O) groups is 4. The summed E-state index contributed by atoms with van der Waals surface area (Å²) in [4.78, 5) is 46.0. The molecule has 1 aliphatic heterocycles. The summed E-state index contributed by atoms with van der Waals surface area (Å²) < 4.78 is 0. The summed E-state index contributed by atoms with van der Waals surface area (Å²) in [5.41, 5.74) is 3.46. The zero-order chi connectivity index (χ0) is 16.3. The minimum absolute atomic E-state index is 0.188. The summed E-state index contributed by atoms with van der Waals surface area (Å²) >= 11 is 0. The first kappa shape index (κ1) is 15.5. The van der Waals surface area contributed by atoms with Crippen LogP contribution in [0.2, 0.25) is 0 Å². The topological polar surface area (TPSA) is 108 Å². The van der Waals surface area contributed by atoms with Crippen molar-refractivity contribution in [2.75, 3.05) is 17.7 Å². The Morgan fingerprint density at radius 3 is 2.14 bits per heavy atom. The number of hydrogen-bond acceptors (Lipinski definition) is 4. The first-order chi connectivity index (χ1) is 10.4. The van der Waals surface area contributed by atoms with E-state index in [0.29, 0.717) is 11.4 Å². The number of hydrazine groups is 1. The van der Waals surface area contributed by atoms with Crippen LogP contribution in [0.3, 0.4) is 0 Å². The fraction of sp³-hybridized carbons (Fsp3) is 0.286. The van der Waals surface area contributed by atoms with Crippen molar-refractivity contribution < 1.29 is 19.2 Å². The number of anilines is 2. The lowest BCUT2D eigenvalue weighted by Gasteiger charge is -2.09. The normalized spacial score (nSPS) is 17.2. The molecule has 8 nitrogen and oxygen atoms in total. The smallest absolute Gasteiger partial charge is 0.253 e. The Morgan fingerprint density at radius 2 is 1.68 bits per heavy atom. The fourth-order valence-corrected chi connectivity index (χ4v) is 2.06. The lowest BCUT2D eigenvalue weighted by molar-refractivity contribution is -0.134. The molecule has 0 saturated carbocycles. The molecule has 2 rings (SSSR count). The van der Waals surface area contributed by atoms with Gasteiger partial charge in [-0.3, -0.25) is 29.6 Å². The molecular weight excluding hydrogens is 288 g/mol. The van der Waals surface area contributed by atoms with E-state index in [2.05, 4.69) is 16.1 Å². The SMILES string of the molecule is CC(=O)Nc1ccc(NC(=O)CC2C(=O)NN(C)C2=O)cc1. The van der Waals surface area contributed by atoms with Gasteiger partial charge in [0.15, 0.2) is 0 Å². The number of carbonyl (C=O) groups excluding carboxylic acids is 4. The third-order valence-corrected chi connectivity index (χ3v) is 3.10. The Balaban J connectivity index is 1.93. The van der Waals surface area contributed by atoms with Gasteiger partial charge in [0, 0.05) is 31.8 Å². The Hall–Kier alpha value is -2.90. The lowest BCUT2D eigenvalue weighted by atomic mass is 10.0. The van der Waals surface area contributed by atoms with E-state index in [-0.39, 0.29) is 12.3 Å². The maximum atomic E-state index is 11.9. The van der Waals surface area contributed by atoms with Crippen molar-refractivity contribution in [1.82, 2.24) is 10.4 Å². The summed E-state index contributed by atoms with van der Waals surface area (Å²) in [7, 11) is 1.43. The molecule has 0 radical (unpaired) electrons. The maximum absolute atomic E-state index is 11.9. The highest BCUT2D eigenvalue weighted by molar-refractivity contribution is 6.08. The fourth-order valence-electron chi connectivity index (χ4n) is 2.06. The quantitative estimate of drug-likeness (QED) is 0.685. The monoisotopic (exact) mass is 304 g/mol. The van der Waals surface area contributed by atoms with E-state index in [9.17, 15) is 19.2 Å². The van der Waals surface area contributed by atoms with Gasteiger partial charge >= 0.3 is 0 Å². The molecule has 8 heteroatoms. The van der Waals surface area contributed by atoms with E-state index < -0.39 is 23.6 Å². The van der Waals surface area contributed by atoms with Crippen LogP contribution in [0, 0.1) is 5.92 Å². The molecule has 22 heavy (non-hydrogen) atoms. The van der Waals surface area contributed by atoms with E-state index in [1.807, 2.05) is 0 Å². The van der Waals surface area contributed by atoms with Crippen molar-refractivity contribution in [2.24, 2.45) is 5.92 Å². The molecule has 1 aromatic carbocycles. The third kappa shape index (κ3) is 3.60. The second-order valence-corrected chi connectivity index (χ2v) is 4.94. The van der Waals surface area contributed by atoms with Gasteiger partial charge in [-0.25, -0.2) is 0 Å². The van der Waals surface area contributed by atoms with Crippen LogP contribution in [0.4, 0.5) is 11.4 Å². The molecule has 3 N–H and O–H groups in total. The van der Waals surface area contributed by atoms with Crippen LogP contribution in [0.5, 0.6) is 0 Å². The average molecular weight is 304 g/mol. The third-order valence-electron chi connectivity index (χ3n) is 3.10. The first-order valence-corrected chi connectivity index (χ1v) is 6.62. The number of benzene rings is 1. The molecule has 116 valence electrons. The molecule has 1 heterocycles. The van der Waals surface area contributed by atoms with Crippen LogP contribution < -0.4 is 16.1 Å². The van der Waals surface area contributed by atoms with Gasteiger partial charge < -0.3 is 10.6 Å². The van der Waals surface area contributed by atoms with Gasteiger partial charge in [0.25, 0.3) is 11.8 Å². The summed E-state index contributed by atoms with van der Waals surface area (Å²) in [6, 6.07) is 6.51. The van der Waals surface area contributed by atoms with Crippen LogP contribution in [0.25, 0.3) is 0 Å². The van der Waals surface area contributed by atoms with Gasteiger partial charge in [0.1, 0.15) is 5.92 Å². The number of rotatable bonds is 4. The van der Waals surface area contributed by atoms with E-state index in [1.54, 1.807) is 24.3 Å². The highest BCUT2D eigenvalue weighted by Gasteiger charge is 2.38. The largest absolute Gasteiger partial charge is 0.326 e. The predicted molar refractivity (Wildman–Crippen MR) is 78.4 cm³/mol. The van der Waals surface area contributed by atoms with Gasteiger partial charge in [0.05, 0.1) is 0 Å². The first-order valence-electron chi connectivity index (χ1n) is 6.62. The highest BCUT2D eigenvalue weighted by Crippen LogP contribution is 2.17. The average Bonchev–Trinajstić information content (AvgIpc) is 2.67. The molecule has 1 atom stereocenters. The second-order valence-electron chi connectivity index (χ2n) is 4.94. The number of hydrogen-bond donors (Lipinski definition) is 3. The molecule has 1 saturated heterocycles. The van der Waals surface area contributed by atoms with Gasteiger partial charge in [-0.05, 0) is 24.3 Å². The van der Waals surface area contributed by atoms with E-state index in [4.69, 9.17) is 0 Å². The number of nitrogens with zero attached hydrogens (tertiary/aromatic N) is 1. The number of amides is 4. The highest BCUT2D eigenvalue weighted by atomic mass is 16.2. The molecule has 0 aliphatic carbocycles. The molecular formula is C14H16N4O4. The predicted octanol–water partition coefficient (Wildman–Crippen LogP) is 0.0930. The van der Waals surface area contributed by atoms with Crippen LogP contribution in [-0.2, 0) is 19.2 Å². The molecule has 4 amide bonds. The van der Waals surface area contributed by atoms with Crippen LogP contribution >= 0.6 is 0 Å². The summed E-state index contributed by atoms with van der Waals surface area (Å²) in [5, 5.41) is 6.28. The zero-order valence-corrected chi connectivity index (χ0v) is 12.2. The Morgan fingerprint density at radius 1 is 1.14 bits per heavy atom. The molecule has 1 fully saturated rings. The van der Waals surface area contributed by atoms with Crippen molar-refractivity contribution >= 4 is 35.0 Å². The maximum Gasteiger partial charge on any atom is 0.253 e. The van der Waals surface area contributed by atoms with E-state index >= 15 is 0 Å². The molecule has 0 aromatic heterocycles. The Bertz CT molecular complexity index is 626. The lowest BCUT2D eigenvalue weighted by Crippen LogP contribution is -2.31. The molecule has 0 spiro atoms. The standard InChI is InChI=1S/C14H16N4O4/c1-8(19)15-9-3-5-10(6-4-9)16-12(20)7-11-13(21)17-18(2)14(11)22/h3-6,11H,7H2,1-2H3,(H,15,19)(H,16,20)(H,17,21). The Labute approximate surface area is 126 Å². The summed E-state index contributed by atoms with van der Waals surface area (Å²) in [6.07, 6.45) is -0.220. The molecule has 1 aliphatic rings. The number of nitrogens with one attached hydrogen (secondary N) is 3. The van der Waals surface area contributed by atoms with Crippen molar-refractivity contribution in [3.05, 3.63) is 24.3 Å². The van der Waals surface area contributed by atoms with Crippen molar-refractivity contribution in [3.8, 4) is 0 Å². The second kappa shape index (κ2) is 6.25. The molecule has 1 unspecified atom stereocenters. The summed E-state index contributed by atoms with van der Waals surface area (Å²) in [6.45, 7) is 1.40. The summed E-state index contributed by atoms with van der Waals surface area (Å²) in [5.74, 6) is -2.53. The van der Waals surface area contributed by atoms with Crippen LogP contribution in [0.1, 0.15) is 13.3 Å². The minimum Gasteiger partial charge on any atom is -0.326 e. The zero-order valence-electron chi connectivity index (χ0n) is 12.2. The van der Waals surface area contributed by atoms with Gasteiger partial charge in [-0.1, -0.05) is 0 Å². The Kier molecular flexibility index (Phi) is 4.40. The van der Waals surface area contributed by atoms with Crippen molar-refractivity contribution in [2.45, 2.75) is 13.3 Å². The van der Waals surface area contributed by atoms with Gasteiger partial charge in [-0.15, -0.1) is 0 Å². The van der Waals surface area contributed by atoms with Crippen molar-refractivity contribution in [3.63, 3.8) is 0 Å². The minimum atomic E-state index is -0.997. The van der Waals surface area contributed by atoms with Crippen LogP contribution in [0.15, 0.2) is 24.3 Å². The van der Waals surface area contributed by atoms with Crippen LogP contribution in [-0.4, -0.2) is 35.7 Å². The van der Waals surface area contributed by atoms with Gasteiger partial charge in [0.2, 0.25) is 11.8 Å². The molecule has 0 bridgehead atoms.